The highest BCUT2D eigenvalue weighted by atomic mass is 32.1. The van der Waals surface area contributed by atoms with Gasteiger partial charge in [-0.25, -0.2) is 4.39 Å². The van der Waals surface area contributed by atoms with Crippen LogP contribution in [0.4, 0.5) is 10.1 Å². The Morgan fingerprint density at radius 2 is 2.07 bits per heavy atom. The van der Waals surface area contributed by atoms with Gasteiger partial charge in [-0.2, -0.15) is 0 Å². The first-order chi connectivity index (χ1) is 6.99. The normalized spacial score (nSPS) is 10.2. The highest BCUT2D eigenvalue weighted by Crippen LogP contribution is 2.14. The van der Waals surface area contributed by atoms with Crippen LogP contribution in [-0.4, -0.2) is 11.2 Å². The van der Waals surface area contributed by atoms with Gasteiger partial charge in [0.15, 0.2) is 5.11 Å². The van der Waals surface area contributed by atoms with Crippen LogP contribution in [0.2, 0.25) is 0 Å². The molecule has 0 fully saturated rings. The van der Waals surface area contributed by atoms with Crippen LogP contribution in [0.1, 0.15) is 19.4 Å². The van der Waals surface area contributed by atoms with Crippen LogP contribution in [0.15, 0.2) is 18.2 Å². The Morgan fingerprint density at radius 3 is 2.60 bits per heavy atom. The molecule has 2 nitrogen and oxygen atoms in total. The van der Waals surface area contributed by atoms with E-state index in [4.69, 9.17) is 12.2 Å². The zero-order valence-electron chi connectivity index (χ0n) is 9.10. The van der Waals surface area contributed by atoms with Crippen molar-refractivity contribution in [2.75, 3.05) is 5.32 Å². The summed E-state index contributed by atoms with van der Waals surface area (Å²) in [5.41, 5.74) is 1.29. The van der Waals surface area contributed by atoms with Gasteiger partial charge in [0.25, 0.3) is 0 Å². The third-order valence-electron chi connectivity index (χ3n) is 1.79. The first kappa shape index (κ1) is 11.9. The largest absolute Gasteiger partial charge is 0.360 e. The average Bonchev–Trinajstić information content (AvgIpc) is 2.08. The van der Waals surface area contributed by atoms with Crippen molar-refractivity contribution in [1.82, 2.24) is 5.32 Å². The number of thiocarbonyl (C=S) groups is 1. The van der Waals surface area contributed by atoms with E-state index in [-0.39, 0.29) is 11.9 Å². The zero-order valence-corrected chi connectivity index (χ0v) is 9.91. The molecule has 15 heavy (non-hydrogen) atoms. The molecule has 0 amide bonds. The Hall–Kier alpha value is -1.16. The standard InChI is InChI=1S/C11H15FN2S/c1-7(2)13-11(15)14-10-5-4-8(3)6-9(10)12/h4-7H,1-3H3,(H2,13,14,15). The molecular weight excluding hydrogens is 211 g/mol. The number of hydrogen-bond donors (Lipinski definition) is 2. The van der Waals surface area contributed by atoms with Crippen LogP contribution in [0.5, 0.6) is 0 Å². The third-order valence-corrected chi connectivity index (χ3v) is 2.01. The molecule has 0 aliphatic rings. The molecule has 0 spiro atoms. The lowest BCUT2D eigenvalue weighted by molar-refractivity contribution is 0.630. The Labute approximate surface area is 94.9 Å². The smallest absolute Gasteiger partial charge is 0.171 e. The van der Waals surface area contributed by atoms with E-state index in [0.717, 1.165) is 5.56 Å². The highest BCUT2D eigenvalue weighted by molar-refractivity contribution is 7.80. The minimum atomic E-state index is -0.289. The van der Waals surface area contributed by atoms with E-state index < -0.39 is 0 Å². The minimum Gasteiger partial charge on any atom is -0.360 e. The third kappa shape index (κ3) is 3.83. The molecule has 1 aromatic rings. The fourth-order valence-corrected chi connectivity index (χ4v) is 1.49. The van der Waals surface area contributed by atoms with Gasteiger partial charge >= 0.3 is 0 Å². The van der Waals surface area contributed by atoms with E-state index in [0.29, 0.717) is 10.8 Å². The second-order valence-electron chi connectivity index (χ2n) is 3.74. The van der Waals surface area contributed by atoms with Gasteiger partial charge in [-0.15, -0.1) is 0 Å². The molecule has 0 aromatic heterocycles. The van der Waals surface area contributed by atoms with Gasteiger partial charge in [0, 0.05) is 6.04 Å². The van der Waals surface area contributed by atoms with E-state index in [1.807, 2.05) is 26.8 Å². The van der Waals surface area contributed by atoms with Crippen LogP contribution >= 0.6 is 12.2 Å². The van der Waals surface area contributed by atoms with E-state index in [2.05, 4.69) is 10.6 Å². The van der Waals surface area contributed by atoms with Crippen molar-refractivity contribution in [1.29, 1.82) is 0 Å². The van der Waals surface area contributed by atoms with E-state index in [9.17, 15) is 4.39 Å². The highest BCUT2D eigenvalue weighted by Gasteiger charge is 2.04. The maximum atomic E-state index is 13.4. The summed E-state index contributed by atoms with van der Waals surface area (Å²) in [5, 5.41) is 6.24. The molecule has 0 aliphatic carbocycles. The molecule has 0 heterocycles. The fraction of sp³-hybridized carbons (Fsp3) is 0.364. The zero-order chi connectivity index (χ0) is 11.4. The molecular formula is C11H15FN2S. The molecule has 0 unspecified atom stereocenters. The first-order valence-corrected chi connectivity index (χ1v) is 5.23. The topological polar surface area (TPSA) is 24.1 Å². The summed E-state index contributed by atoms with van der Waals surface area (Å²) in [7, 11) is 0. The quantitative estimate of drug-likeness (QED) is 0.758. The van der Waals surface area contributed by atoms with Crippen molar-refractivity contribution in [3.63, 3.8) is 0 Å². The summed E-state index contributed by atoms with van der Waals surface area (Å²) in [6, 6.07) is 5.22. The summed E-state index contributed by atoms with van der Waals surface area (Å²) in [6.07, 6.45) is 0. The predicted octanol–water partition coefficient (Wildman–Crippen LogP) is 2.83. The average molecular weight is 226 g/mol. The van der Waals surface area contributed by atoms with Crippen LogP contribution < -0.4 is 10.6 Å². The fourth-order valence-electron chi connectivity index (χ4n) is 1.14. The number of halogens is 1. The van der Waals surface area contributed by atoms with Crippen molar-refractivity contribution >= 4 is 23.0 Å². The van der Waals surface area contributed by atoms with Gasteiger partial charge in [0.1, 0.15) is 5.82 Å². The molecule has 0 radical (unpaired) electrons. The van der Waals surface area contributed by atoms with Gasteiger partial charge in [-0.05, 0) is 50.7 Å². The summed E-state index contributed by atoms with van der Waals surface area (Å²) in [5.74, 6) is -0.289. The second kappa shape index (κ2) is 5.07. The Morgan fingerprint density at radius 1 is 1.40 bits per heavy atom. The Kier molecular flexibility index (Phi) is 4.03. The van der Waals surface area contributed by atoms with Gasteiger partial charge in [-0.3, -0.25) is 0 Å². The van der Waals surface area contributed by atoms with Gasteiger partial charge in [0.2, 0.25) is 0 Å². The summed E-state index contributed by atoms with van der Waals surface area (Å²) >= 11 is 5.02. The molecule has 2 N–H and O–H groups in total. The second-order valence-corrected chi connectivity index (χ2v) is 4.14. The lowest BCUT2D eigenvalue weighted by Crippen LogP contribution is -2.34. The first-order valence-electron chi connectivity index (χ1n) is 4.82. The van der Waals surface area contributed by atoms with Crippen molar-refractivity contribution in [2.24, 2.45) is 0 Å². The molecule has 0 bridgehead atoms. The molecule has 0 atom stereocenters. The van der Waals surface area contributed by atoms with Crippen LogP contribution in [0.25, 0.3) is 0 Å². The lowest BCUT2D eigenvalue weighted by Gasteiger charge is -2.13. The lowest BCUT2D eigenvalue weighted by atomic mass is 10.2. The number of rotatable bonds is 2. The predicted molar refractivity (Wildman–Crippen MR) is 65.6 cm³/mol. The number of nitrogens with one attached hydrogen (secondary N) is 2. The number of hydrogen-bond acceptors (Lipinski definition) is 1. The van der Waals surface area contributed by atoms with Crippen molar-refractivity contribution in [3.05, 3.63) is 29.6 Å². The SMILES string of the molecule is Cc1ccc(NC(=S)NC(C)C)c(F)c1. The molecule has 82 valence electrons. The molecule has 0 saturated heterocycles. The molecule has 0 saturated carbocycles. The molecule has 1 rings (SSSR count). The summed E-state index contributed by atoms with van der Waals surface area (Å²) < 4.78 is 13.4. The van der Waals surface area contributed by atoms with Crippen molar-refractivity contribution in [3.8, 4) is 0 Å². The molecule has 1 aromatic carbocycles. The number of benzene rings is 1. The monoisotopic (exact) mass is 226 g/mol. The summed E-state index contributed by atoms with van der Waals surface area (Å²) in [4.78, 5) is 0. The van der Waals surface area contributed by atoms with Crippen LogP contribution in [-0.2, 0) is 0 Å². The van der Waals surface area contributed by atoms with E-state index in [1.165, 1.54) is 6.07 Å². The number of anilines is 1. The minimum absolute atomic E-state index is 0.235. The van der Waals surface area contributed by atoms with Gasteiger partial charge < -0.3 is 10.6 Å². The molecule has 0 aliphatic heterocycles. The summed E-state index contributed by atoms with van der Waals surface area (Å²) in [6.45, 7) is 5.79. The van der Waals surface area contributed by atoms with E-state index >= 15 is 0 Å². The maximum absolute atomic E-state index is 13.4. The Bertz CT molecular complexity index is 364. The van der Waals surface area contributed by atoms with Crippen molar-refractivity contribution in [2.45, 2.75) is 26.8 Å². The number of aryl methyl sites for hydroxylation is 1. The molecule has 4 heteroatoms. The Balaban J connectivity index is 2.68. The van der Waals surface area contributed by atoms with Crippen molar-refractivity contribution < 1.29 is 4.39 Å². The van der Waals surface area contributed by atoms with Gasteiger partial charge in [0.05, 0.1) is 5.69 Å². The van der Waals surface area contributed by atoms with Gasteiger partial charge in [-0.1, -0.05) is 6.07 Å². The van der Waals surface area contributed by atoms with Crippen LogP contribution in [0, 0.1) is 12.7 Å². The van der Waals surface area contributed by atoms with E-state index in [1.54, 1.807) is 6.07 Å². The maximum Gasteiger partial charge on any atom is 0.171 e. The van der Waals surface area contributed by atoms with Crippen LogP contribution in [0.3, 0.4) is 0 Å².